The van der Waals surface area contributed by atoms with Gasteiger partial charge in [-0.3, -0.25) is 4.79 Å². The van der Waals surface area contributed by atoms with E-state index < -0.39 is 5.91 Å². The highest BCUT2D eigenvalue weighted by atomic mass is 35.5. The van der Waals surface area contributed by atoms with E-state index in [-0.39, 0.29) is 5.57 Å². The molecule has 0 saturated heterocycles. The Balaban J connectivity index is 2.22. The Morgan fingerprint density at radius 3 is 2.55 bits per heavy atom. The van der Waals surface area contributed by atoms with E-state index in [0.29, 0.717) is 16.5 Å². The minimum Gasteiger partial charge on any atom is -0.495 e. The van der Waals surface area contributed by atoms with Crippen LogP contribution >= 0.6 is 11.6 Å². The quantitative estimate of drug-likeness (QED) is 0.688. The molecule has 0 heterocycles. The van der Waals surface area contributed by atoms with Crippen molar-refractivity contribution in [2.45, 2.75) is 0 Å². The summed E-state index contributed by atoms with van der Waals surface area (Å²) < 4.78 is 5.16. The van der Waals surface area contributed by atoms with Gasteiger partial charge in [0.25, 0.3) is 5.91 Å². The first kappa shape index (κ1) is 15.6. The first-order valence-corrected chi connectivity index (χ1v) is 6.83. The number of carbonyl (C=O) groups is 1. The van der Waals surface area contributed by atoms with E-state index in [2.05, 4.69) is 5.32 Å². The van der Waals surface area contributed by atoms with Crippen molar-refractivity contribution in [2.75, 3.05) is 12.4 Å². The van der Waals surface area contributed by atoms with Crippen molar-refractivity contribution in [2.24, 2.45) is 0 Å². The molecule has 22 heavy (non-hydrogen) atoms. The van der Waals surface area contributed by atoms with Gasteiger partial charge in [0, 0.05) is 5.02 Å². The van der Waals surface area contributed by atoms with E-state index in [0.717, 1.165) is 5.56 Å². The van der Waals surface area contributed by atoms with Gasteiger partial charge in [0.2, 0.25) is 0 Å². The molecule has 0 fully saturated rings. The highest BCUT2D eigenvalue weighted by Gasteiger charge is 2.11. The van der Waals surface area contributed by atoms with Gasteiger partial charge >= 0.3 is 0 Å². The monoisotopic (exact) mass is 312 g/mol. The Morgan fingerprint density at radius 1 is 1.23 bits per heavy atom. The van der Waals surface area contributed by atoms with Crippen molar-refractivity contribution >= 4 is 29.3 Å². The molecule has 0 saturated carbocycles. The van der Waals surface area contributed by atoms with E-state index >= 15 is 0 Å². The second-order valence-electron chi connectivity index (χ2n) is 4.38. The molecule has 2 aromatic rings. The maximum Gasteiger partial charge on any atom is 0.266 e. The van der Waals surface area contributed by atoms with Crippen LogP contribution in [0.25, 0.3) is 6.08 Å². The van der Waals surface area contributed by atoms with Gasteiger partial charge in [0.1, 0.15) is 17.4 Å². The molecule has 1 N–H and O–H groups in total. The lowest BCUT2D eigenvalue weighted by Crippen LogP contribution is -2.14. The maximum atomic E-state index is 12.2. The Labute approximate surface area is 133 Å². The summed E-state index contributed by atoms with van der Waals surface area (Å²) in [5.41, 5.74) is 1.22. The Kier molecular flexibility index (Phi) is 5.18. The predicted octanol–water partition coefficient (Wildman–Crippen LogP) is 3.89. The number of ether oxygens (including phenoxy) is 1. The number of carbonyl (C=O) groups excluding carboxylic acids is 1. The van der Waals surface area contributed by atoms with Crippen LogP contribution in [0, 0.1) is 11.3 Å². The number of nitrogens with one attached hydrogen (secondary N) is 1. The lowest BCUT2D eigenvalue weighted by atomic mass is 10.1. The molecule has 0 bridgehead atoms. The number of amides is 1. The van der Waals surface area contributed by atoms with Gasteiger partial charge < -0.3 is 10.1 Å². The van der Waals surface area contributed by atoms with E-state index in [9.17, 15) is 10.1 Å². The van der Waals surface area contributed by atoms with Gasteiger partial charge in [0.15, 0.2) is 0 Å². The lowest BCUT2D eigenvalue weighted by Gasteiger charge is -2.09. The molecule has 1 amide bonds. The highest BCUT2D eigenvalue weighted by molar-refractivity contribution is 6.30. The molecule has 0 aromatic heterocycles. The fourth-order valence-corrected chi connectivity index (χ4v) is 1.94. The minimum absolute atomic E-state index is 0.00627. The van der Waals surface area contributed by atoms with E-state index in [1.807, 2.05) is 6.07 Å². The van der Waals surface area contributed by atoms with Gasteiger partial charge in [-0.25, -0.2) is 0 Å². The number of rotatable bonds is 4. The summed E-state index contributed by atoms with van der Waals surface area (Å²) in [5.74, 6) is 0.0292. The van der Waals surface area contributed by atoms with Crippen LogP contribution in [0.2, 0.25) is 5.02 Å². The summed E-state index contributed by atoms with van der Waals surface area (Å²) in [7, 11) is 1.51. The third kappa shape index (κ3) is 3.87. The van der Waals surface area contributed by atoms with Gasteiger partial charge in [0.05, 0.1) is 12.8 Å². The number of benzene rings is 2. The zero-order valence-electron chi connectivity index (χ0n) is 11.8. The summed E-state index contributed by atoms with van der Waals surface area (Å²) in [5, 5.41) is 12.4. The highest BCUT2D eigenvalue weighted by Crippen LogP contribution is 2.23. The van der Waals surface area contributed by atoms with Crippen molar-refractivity contribution < 1.29 is 9.53 Å². The summed E-state index contributed by atoms with van der Waals surface area (Å²) in [6.07, 6.45) is 1.50. The van der Waals surface area contributed by atoms with Gasteiger partial charge in [-0.1, -0.05) is 35.9 Å². The number of hydrogen-bond acceptors (Lipinski definition) is 3. The van der Waals surface area contributed by atoms with Crippen LogP contribution in [0.1, 0.15) is 5.56 Å². The van der Waals surface area contributed by atoms with Crippen LogP contribution in [0.4, 0.5) is 5.69 Å². The average Bonchev–Trinajstić information content (AvgIpc) is 2.54. The average molecular weight is 313 g/mol. The van der Waals surface area contributed by atoms with E-state index in [4.69, 9.17) is 16.3 Å². The first-order valence-electron chi connectivity index (χ1n) is 6.46. The Morgan fingerprint density at radius 2 is 1.91 bits per heavy atom. The zero-order valence-corrected chi connectivity index (χ0v) is 12.6. The number of nitriles is 1. The molecule has 0 aliphatic heterocycles. The van der Waals surface area contributed by atoms with Crippen LogP contribution in [0.15, 0.2) is 54.1 Å². The molecule has 110 valence electrons. The molecule has 5 heteroatoms. The number of nitrogens with zero attached hydrogens (tertiary/aromatic N) is 1. The molecule has 0 radical (unpaired) electrons. The summed E-state index contributed by atoms with van der Waals surface area (Å²) in [6.45, 7) is 0. The fraction of sp³-hybridized carbons (Fsp3) is 0.0588. The largest absolute Gasteiger partial charge is 0.495 e. The normalized spacial score (nSPS) is 10.7. The van der Waals surface area contributed by atoms with E-state index in [1.165, 1.54) is 13.2 Å². The SMILES string of the molecule is COc1ccccc1NC(=O)/C(C#N)=C/c1ccc(Cl)cc1. The number of anilines is 1. The molecule has 0 aliphatic rings. The third-order valence-corrected chi connectivity index (χ3v) is 3.15. The second kappa shape index (κ2) is 7.30. The van der Waals surface area contributed by atoms with Gasteiger partial charge in [-0.15, -0.1) is 0 Å². The molecule has 2 rings (SSSR count). The molecule has 0 atom stereocenters. The van der Waals surface area contributed by atoms with Crippen molar-refractivity contribution in [1.29, 1.82) is 5.26 Å². The molecule has 2 aromatic carbocycles. The van der Waals surface area contributed by atoms with Crippen LogP contribution in [0.5, 0.6) is 5.75 Å². The van der Waals surface area contributed by atoms with Crippen molar-refractivity contribution in [1.82, 2.24) is 0 Å². The molecular weight excluding hydrogens is 300 g/mol. The number of hydrogen-bond donors (Lipinski definition) is 1. The lowest BCUT2D eigenvalue weighted by molar-refractivity contribution is -0.112. The Hall–Kier alpha value is -2.77. The molecule has 0 unspecified atom stereocenters. The van der Waals surface area contributed by atoms with Gasteiger partial charge in [-0.2, -0.15) is 5.26 Å². The number of methoxy groups -OCH3 is 1. The summed E-state index contributed by atoms with van der Waals surface area (Å²) in [4.78, 5) is 12.2. The minimum atomic E-state index is -0.498. The maximum absolute atomic E-state index is 12.2. The first-order chi connectivity index (χ1) is 10.6. The van der Waals surface area contributed by atoms with Crippen LogP contribution in [-0.4, -0.2) is 13.0 Å². The second-order valence-corrected chi connectivity index (χ2v) is 4.81. The number of para-hydroxylation sites is 2. The van der Waals surface area contributed by atoms with Gasteiger partial charge in [-0.05, 0) is 35.9 Å². The summed E-state index contributed by atoms with van der Waals surface area (Å²) in [6, 6.07) is 15.7. The molecule has 0 aliphatic carbocycles. The summed E-state index contributed by atoms with van der Waals surface area (Å²) >= 11 is 5.81. The fourth-order valence-electron chi connectivity index (χ4n) is 1.81. The topological polar surface area (TPSA) is 62.1 Å². The molecular formula is C17H13ClN2O2. The van der Waals surface area contributed by atoms with Crippen LogP contribution in [-0.2, 0) is 4.79 Å². The molecule has 0 spiro atoms. The number of halogens is 1. The van der Waals surface area contributed by atoms with Crippen molar-refractivity contribution in [3.63, 3.8) is 0 Å². The smallest absolute Gasteiger partial charge is 0.266 e. The van der Waals surface area contributed by atoms with E-state index in [1.54, 1.807) is 48.5 Å². The predicted molar refractivity (Wildman–Crippen MR) is 86.7 cm³/mol. The third-order valence-electron chi connectivity index (χ3n) is 2.90. The van der Waals surface area contributed by atoms with Crippen LogP contribution in [0.3, 0.4) is 0 Å². The van der Waals surface area contributed by atoms with Crippen LogP contribution < -0.4 is 10.1 Å². The standard InChI is InChI=1S/C17H13ClN2O2/c1-22-16-5-3-2-4-15(16)20-17(21)13(11-19)10-12-6-8-14(18)9-7-12/h2-10H,1H3,(H,20,21)/b13-10+. The van der Waals surface area contributed by atoms with Crippen molar-refractivity contribution in [3.05, 3.63) is 64.7 Å². The van der Waals surface area contributed by atoms with Crippen molar-refractivity contribution in [3.8, 4) is 11.8 Å². The molecule has 4 nitrogen and oxygen atoms in total. The zero-order chi connectivity index (χ0) is 15.9. The Bertz CT molecular complexity index is 746.